The SMILES string of the molecule is Nc1cnc2ccc(C(F)(F)F)cn12. The number of imidazole rings is 1. The summed E-state index contributed by atoms with van der Waals surface area (Å²) in [4.78, 5) is 3.81. The molecule has 0 saturated heterocycles. The summed E-state index contributed by atoms with van der Waals surface area (Å²) >= 11 is 0. The first-order valence-electron chi connectivity index (χ1n) is 3.78. The maximum absolute atomic E-state index is 12.3. The Balaban J connectivity index is 2.66. The van der Waals surface area contributed by atoms with Crippen molar-refractivity contribution in [1.82, 2.24) is 9.38 Å². The second-order valence-corrected chi connectivity index (χ2v) is 2.83. The quantitative estimate of drug-likeness (QED) is 0.707. The summed E-state index contributed by atoms with van der Waals surface area (Å²) in [6.45, 7) is 0. The van der Waals surface area contributed by atoms with Crippen LogP contribution in [0.15, 0.2) is 24.5 Å². The summed E-state index contributed by atoms with van der Waals surface area (Å²) in [5.41, 5.74) is 5.08. The molecule has 0 radical (unpaired) electrons. The highest BCUT2D eigenvalue weighted by Gasteiger charge is 2.30. The lowest BCUT2D eigenvalue weighted by atomic mass is 10.3. The molecule has 0 atom stereocenters. The average Bonchev–Trinajstić information content (AvgIpc) is 2.46. The van der Waals surface area contributed by atoms with Crippen molar-refractivity contribution in [2.75, 3.05) is 5.73 Å². The first kappa shape index (κ1) is 8.86. The zero-order valence-electron chi connectivity index (χ0n) is 6.92. The lowest BCUT2D eigenvalue weighted by Crippen LogP contribution is -2.06. The maximum Gasteiger partial charge on any atom is 0.417 e. The van der Waals surface area contributed by atoms with Crippen LogP contribution >= 0.6 is 0 Å². The van der Waals surface area contributed by atoms with Crippen LogP contribution in [0.4, 0.5) is 19.0 Å². The first-order chi connectivity index (χ1) is 6.48. The van der Waals surface area contributed by atoms with Gasteiger partial charge in [0.05, 0.1) is 11.8 Å². The number of aromatic nitrogens is 2. The number of pyridine rings is 1. The molecule has 3 nitrogen and oxygen atoms in total. The fourth-order valence-electron chi connectivity index (χ4n) is 1.17. The number of nitrogens with zero attached hydrogens (tertiary/aromatic N) is 2. The fraction of sp³-hybridized carbons (Fsp3) is 0.125. The van der Waals surface area contributed by atoms with Crippen LogP contribution in [0, 0.1) is 0 Å². The van der Waals surface area contributed by atoms with Gasteiger partial charge >= 0.3 is 6.18 Å². The molecule has 14 heavy (non-hydrogen) atoms. The van der Waals surface area contributed by atoms with E-state index in [2.05, 4.69) is 4.98 Å². The first-order valence-corrected chi connectivity index (χ1v) is 3.78. The summed E-state index contributed by atoms with van der Waals surface area (Å²) in [5.74, 6) is 0.186. The average molecular weight is 201 g/mol. The van der Waals surface area contributed by atoms with Crippen LogP contribution in [-0.4, -0.2) is 9.38 Å². The van der Waals surface area contributed by atoms with E-state index in [0.717, 1.165) is 12.3 Å². The van der Waals surface area contributed by atoms with Gasteiger partial charge in [-0.3, -0.25) is 4.40 Å². The highest BCUT2D eigenvalue weighted by molar-refractivity contribution is 5.48. The van der Waals surface area contributed by atoms with Crippen LogP contribution < -0.4 is 5.73 Å². The van der Waals surface area contributed by atoms with Gasteiger partial charge in [-0.2, -0.15) is 13.2 Å². The molecule has 0 aliphatic heterocycles. The molecule has 0 unspecified atom stereocenters. The number of halogens is 3. The maximum atomic E-state index is 12.3. The van der Waals surface area contributed by atoms with Crippen LogP contribution in [0.1, 0.15) is 5.56 Å². The van der Waals surface area contributed by atoms with Crippen molar-refractivity contribution in [2.24, 2.45) is 0 Å². The zero-order valence-corrected chi connectivity index (χ0v) is 6.92. The number of nitrogen functional groups attached to an aromatic ring is 1. The standard InChI is InChI=1S/C8H6F3N3/c9-8(10,11)5-1-2-7-13-3-6(12)14(7)4-5/h1-4H,12H2. The van der Waals surface area contributed by atoms with E-state index in [1.165, 1.54) is 16.7 Å². The van der Waals surface area contributed by atoms with E-state index in [0.29, 0.717) is 5.65 Å². The third-order valence-electron chi connectivity index (χ3n) is 1.86. The van der Waals surface area contributed by atoms with E-state index in [9.17, 15) is 13.2 Å². The summed E-state index contributed by atoms with van der Waals surface area (Å²) < 4.78 is 38.0. The molecular formula is C8H6F3N3. The lowest BCUT2D eigenvalue weighted by molar-refractivity contribution is -0.137. The largest absolute Gasteiger partial charge is 0.417 e. The summed E-state index contributed by atoms with van der Waals surface area (Å²) in [7, 11) is 0. The van der Waals surface area contributed by atoms with E-state index < -0.39 is 11.7 Å². The number of hydrogen-bond acceptors (Lipinski definition) is 2. The smallest absolute Gasteiger partial charge is 0.383 e. The van der Waals surface area contributed by atoms with Crippen molar-refractivity contribution in [2.45, 2.75) is 6.18 Å². The Hall–Kier alpha value is -1.72. The molecule has 0 aliphatic rings. The van der Waals surface area contributed by atoms with E-state index in [1.807, 2.05) is 0 Å². The van der Waals surface area contributed by atoms with Crippen LogP contribution in [-0.2, 0) is 6.18 Å². The van der Waals surface area contributed by atoms with E-state index >= 15 is 0 Å². The molecule has 2 aromatic heterocycles. The second kappa shape index (κ2) is 2.63. The molecule has 0 aliphatic carbocycles. The summed E-state index contributed by atoms with van der Waals surface area (Å²) in [6, 6.07) is 2.25. The van der Waals surface area contributed by atoms with Gasteiger partial charge in [-0.05, 0) is 12.1 Å². The van der Waals surface area contributed by atoms with Crippen molar-refractivity contribution in [3.8, 4) is 0 Å². The molecule has 0 amide bonds. The second-order valence-electron chi connectivity index (χ2n) is 2.83. The predicted octanol–water partition coefficient (Wildman–Crippen LogP) is 1.94. The van der Waals surface area contributed by atoms with Crippen LogP contribution in [0.25, 0.3) is 5.65 Å². The van der Waals surface area contributed by atoms with Gasteiger partial charge in [0.1, 0.15) is 11.5 Å². The number of nitrogens with two attached hydrogens (primary N) is 1. The predicted molar refractivity (Wildman–Crippen MR) is 44.6 cm³/mol. The van der Waals surface area contributed by atoms with Gasteiger partial charge in [0.2, 0.25) is 0 Å². The number of hydrogen-bond donors (Lipinski definition) is 1. The number of alkyl halides is 3. The molecule has 2 heterocycles. The van der Waals surface area contributed by atoms with Crippen molar-refractivity contribution in [3.63, 3.8) is 0 Å². The topological polar surface area (TPSA) is 43.3 Å². The normalized spacial score (nSPS) is 12.2. The molecule has 6 heteroatoms. The zero-order chi connectivity index (χ0) is 10.3. The van der Waals surface area contributed by atoms with Gasteiger partial charge in [0, 0.05) is 6.20 Å². The fourth-order valence-corrected chi connectivity index (χ4v) is 1.17. The highest BCUT2D eigenvalue weighted by atomic mass is 19.4. The van der Waals surface area contributed by atoms with Crippen LogP contribution in [0.5, 0.6) is 0 Å². The summed E-state index contributed by atoms with van der Waals surface area (Å²) in [6.07, 6.45) is -2.11. The third-order valence-corrected chi connectivity index (χ3v) is 1.86. The van der Waals surface area contributed by atoms with E-state index in [1.54, 1.807) is 0 Å². The van der Waals surface area contributed by atoms with Crippen molar-refractivity contribution in [3.05, 3.63) is 30.1 Å². The highest BCUT2D eigenvalue weighted by Crippen LogP contribution is 2.29. The Morgan fingerprint density at radius 1 is 1.29 bits per heavy atom. The molecule has 0 spiro atoms. The van der Waals surface area contributed by atoms with Gasteiger partial charge in [-0.15, -0.1) is 0 Å². The molecule has 0 aromatic carbocycles. The monoisotopic (exact) mass is 201 g/mol. The molecule has 2 aromatic rings. The van der Waals surface area contributed by atoms with Gasteiger partial charge in [0.15, 0.2) is 0 Å². The molecular weight excluding hydrogens is 195 g/mol. The van der Waals surface area contributed by atoms with Gasteiger partial charge < -0.3 is 5.73 Å². The molecule has 0 fully saturated rings. The molecule has 2 rings (SSSR count). The minimum absolute atomic E-state index is 0.186. The van der Waals surface area contributed by atoms with Gasteiger partial charge in [0.25, 0.3) is 0 Å². The molecule has 0 bridgehead atoms. The van der Waals surface area contributed by atoms with E-state index in [4.69, 9.17) is 5.73 Å². The number of rotatable bonds is 0. The van der Waals surface area contributed by atoms with Crippen molar-refractivity contribution >= 4 is 11.5 Å². The Morgan fingerprint density at radius 3 is 2.64 bits per heavy atom. The van der Waals surface area contributed by atoms with E-state index in [-0.39, 0.29) is 5.82 Å². The minimum atomic E-state index is -4.36. The minimum Gasteiger partial charge on any atom is -0.383 e. The number of fused-ring (bicyclic) bond motifs is 1. The van der Waals surface area contributed by atoms with Crippen molar-refractivity contribution in [1.29, 1.82) is 0 Å². The number of anilines is 1. The Morgan fingerprint density at radius 2 is 2.00 bits per heavy atom. The van der Waals surface area contributed by atoms with Crippen LogP contribution in [0.2, 0.25) is 0 Å². The molecule has 2 N–H and O–H groups in total. The van der Waals surface area contributed by atoms with Crippen molar-refractivity contribution < 1.29 is 13.2 Å². The molecule has 74 valence electrons. The van der Waals surface area contributed by atoms with Gasteiger partial charge in [-0.1, -0.05) is 0 Å². The van der Waals surface area contributed by atoms with Gasteiger partial charge in [-0.25, -0.2) is 4.98 Å². The lowest BCUT2D eigenvalue weighted by Gasteiger charge is -2.06. The Labute approximate surface area is 77.0 Å². The van der Waals surface area contributed by atoms with Crippen LogP contribution in [0.3, 0.4) is 0 Å². The molecule has 0 saturated carbocycles. The Bertz CT molecular complexity index is 472. The Kier molecular flexibility index (Phi) is 1.67. The third kappa shape index (κ3) is 1.28. The summed E-state index contributed by atoms with van der Waals surface area (Å²) in [5, 5.41) is 0.